The molecule has 4 heterocycles. The lowest BCUT2D eigenvalue weighted by Crippen LogP contribution is -2.60. The molecular formula is C76H42BN5. The Morgan fingerprint density at radius 1 is 0.549 bits per heavy atom. The highest BCUT2D eigenvalue weighted by molar-refractivity contribution is 7.00. The van der Waals surface area contributed by atoms with Gasteiger partial charge in [0.2, 0.25) is 5.69 Å². The fourth-order valence-corrected chi connectivity index (χ4v) is 15.7. The van der Waals surface area contributed by atoms with Crippen molar-refractivity contribution in [1.29, 1.82) is 5.26 Å². The van der Waals surface area contributed by atoms with Crippen LogP contribution in [0.25, 0.3) is 109 Å². The number of rotatable bonds is 4. The van der Waals surface area contributed by atoms with Crippen molar-refractivity contribution in [1.82, 2.24) is 9.13 Å². The molecule has 1 unspecified atom stereocenters. The number of anilines is 3. The van der Waals surface area contributed by atoms with Gasteiger partial charge in [0.1, 0.15) is 6.07 Å². The van der Waals surface area contributed by atoms with Crippen molar-refractivity contribution in [3.8, 4) is 28.6 Å². The van der Waals surface area contributed by atoms with E-state index in [0.717, 1.165) is 106 Å². The van der Waals surface area contributed by atoms with Crippen molar-refractivity contribution in [2.24, 2.45) is 5.92 Å². The molecule has 2 aliphatic heterocycles. The number of hydrogen-bond acceptors (Lipinski definition) is 2. The summed E-state index contributed by atoms with van der Waals surface area (Å²) in [6, 6.07) is 71.3. The molecule has 0 saturated heterocycles. The molecule has 6 heteroatoms. The smallest absolute Gasteiger partial charge is 0.250 e. The Morgan fingerprint density at radius 2 is 1.27 bits per heavy atom. The third-order valence-corrected chi connectivity index (χ3v) is 19.0. The van der Waals surface area contributed by atoms with Crippen molar-refractivity contribution < 1.29 is 0 Å². The summed E-state index contributed by atoms with van der Waals surface area (Å²) in [6.07, 6.45) is 19.4. The number of allylic oxidation sites excluding steroid dienone is 14. The SMILES string of the molecule is [C-]#[N+]c1c(-n2c3ccc(C4=C5C=CC6=C7C(=CC=C(C=C4)C57)CC=C6)cc3c3cc(-c4ccc5ccc6cccc7ccc4c5c67)ccc32)c(C#N)c2c3c1-n1c4ccccc4c4cccc(c41)B3c1ccccc1N2c1ccccc1. The number of nitriles is 1. The predicted molar refractivity (Wildman–Crippen MR) is 340 cm³/mol. The van der Waals surface area contributed by atoms with E-state index in [4.69, 9.17) is 4.85 Å². The van der Waals surface area contributed by atoms with Crippen molar-refractivity contribution in [2.45, 2.75) is 6.42 Å². The fourth-order valence-electron chi connectivity index (χ4n) is 15.7. The van der Waals surface area contributed by atoms with Crippen LogP contribution in [0.3, 0.4) is 0 Å². The zero-order chi connectivity index (χ0) is 53.6. The van der Waals surface area contributed by atoms with Crippen LogP contribution in [0.15, 0.2) is 265 Å². The first kappa shape index (κ1) is 44.0. The normalized spacial score (nSPS) is 16.2. The van der Waals surface area contributed by atoms with Gasteiger partial charge >= 0.3 is 0 Å². The fraction of sp³-hybridized carbons (Fsp3) is 0.0263. The van der Waals surface area contributed by atoms with Gasteiger partial charge < -0.3 is 14.0 Å². The monoisotopic (exact) mass is 1040 g/mol. The molecule has 11 aromatic carbocycles. The molecule has 2 aromatic heterocycles. The molecule has 0 bridgehead atoms. The third-order valence-electron chi connectivity index (χ3n) is 19.0. The number of nitrogens with zero attached hydrogens (tertiary/aromatic N) is 5. The Kier molecular flexibility index (Phi) is 8.53. The van der Waals surface area contributed by atoms with Crippen LogP contribution in [-0.4, -0.2) is 15.8 Å². The zero-order valence-corrected chi connectivity index (χ0v) is 44.1. The Labute approximate surface area is 472 Å². The molecule has 5 nitrogen and oxygen atoms in total. The lowest BCUT2D eigenvalue weighted by atomic mass is 9.33. The van der Waals surface area contributed by atoms with Crippen LogP contribution in [0.2, 0.25) is 0 Å². The van der Waals surface area contributed by atoms with E-state index >= 15 is 0 Å². The first-order valence-corrected chi connectivity index (χ1v) is 28.3. The summed E-state index contributed by atoms with van der Waals surface area (Å²) in [7, 11) is 0. The van der Waals surface area contributed by atoms with Crippen LogP contribution in [0.5, 0.6) is 0 Å². The number of para-hydroxylation sites is 4. The molecule has 6 aliphatic rings. The molecule has 13 aromatic rings. The minimum Gasteiger partial charge on any atom is -0.320 e. The van der Waals surface area contributed by atoms with Gasteiger partial charge in [-0.2, -0.15) is 5.26 Å². The largest absolute Gasteiger partial charge is 0.320 e. The second-order valence-corrected chi connectivity index (χ2v) is 22.7. The molecule has 4 aliphatic carbocycles. The van der Waals surface area contributed by atoms with Crippen molar-refractivity contribution in [2.75, 3.05) is 4.90 Å². The van der Waals surface area contributed by atoms with Crippen LogP contribution in [0, 0.1) is 23.8 Å². The standard InChI is InChI=1S/C76H42BN5/c1-79-72-75(60(42-78)74-71-76(72)82-63-22-7-5-18-54(63)57-19-11-21-62(73(57)82)77(71)61-20-6-8-23-66(61)80(74)51-16-3-2-4-17-51)81-64-38-32-49(52-34-28-47-26-24-43-12-9-14-45-30-36-55(52)69(47)67(43)45)40-58(64)59-41-50(33-39-65(59)81)53-35-29-48-27-25-44-13-10-15-46-31-37-56(53)70(48)68(44)46/h2-12,14-41,70H,13H2. The molecule has 0 amide bonds. The zero-order valence-electron chi connectivity index (χ0n) is 44.1. The molecular weight excluding hydrogens is 994 g/mol. The third kappa shape index (κ3) is 5.51. The minimum atomic E-state index is -0.258. The van der Waals surface area contributed by atoms with Crippen LogP contribution in [0.4, 0.5) is 22.7 Å². The van der Waals surface area contributed by atoms with Gasteiger partial charge in [0, 0.05) is 44.4 Å². The molecule has 19 rings (SSSR count). The topological polar surface area (TPSA) is 41.2 Å². The summed E-state index contributed by atoms with van der Waals surface area (Å²) in [5.74, 6) is 0.165. The Bertz CT molecular complexity index is 5500. The number of fused-ring (bicyclic) bond motifs is 10. The lowest BCUT2D eigenvalue weighted by molar-refractivity contribution is 0.835. The predicted octanol–water partition coefficient (Wildman–Crippen LogP) is 17.1. The summed E-state index contributed by atoms with van der Waals surface area (Å²) in [5, 5.41) is 24.2. The number of hydrogen-bond donors (Lipinski definition) is 0. The Morgan fingerprint density at radius 3 is 2.12 bits per heavy atom. The average molecular weight is 1040 g/mol. The first-order valence-electron chi connectivity index (χ1n) is 28.3. The molecule has 0 saturated carbocycles. The molecule has 0 fully saturated rings. The molecule has 374 valence electrons. The highest BCUT2D eigenvalue weighted by atomic mass is 15.2. The van der Waals surface area contributed by atoms with E-state index in [9.17, 15) is 11.8 Å². The van der Waals surface area contributed by atoms with E-state index in [2.05, 4.69) is 251 Å². The van der Waals surface area contributed by atoms with E-state index < -0.39 is 0 Å². The van der Waals surface area contributed by atoms with Gasteiger partial charge in [0.25, 0.3) is 6.71 Å². The molecule has 82 heavy (non-hydrogen) atoms. The lowest BCUT2D eigenvalue weighted by Gasteiger charge is -2.42. The molecule has 0 radical (unpaired) electrons. The van der Waals surface area contributed by atoms with Crippen molar-refractivity contribution in [3.05, 3.63) is 287 Å². The van der Waals surface area contributed by atoms with Crippen LogP contribution in [-0.2, 0) is 0 Å². The molecule has 0 spiro atoms. The highest BCUT2D eigenvalue weighted by Crippen LogP contribution is 2.53. The van der Waals surface area contributed by atoms with Gasteiger partial charge in [-0.15, -0.1) is 0 Å². The van der Waals surface area contributed by atoms with E-state index in [1.54, 1.807) is 0 Å². The van der Waals surface area contributed by atoms with Crippen LogP contribution < -0.4 is 21.3 Å². The summed E-state index contributed by atoms with van der Waals surface area (Å²) in [5.41, 5.74) is 23.6. The summed E-state index contributed by atoms with van der Waals surface area (Å²) < 4.78 is 4.63. The van der Waals surface area contributed by atoms with Gasteiger partial charge in [-0.1, -0.05) is 188 Å². The van der Waals surface area contributed by atoms with E-state index in [0.29, 0.717) is 16.9 Å². The number of aromatic nitrogens is 2. The molecule has 1 atom stereocenters. The summed E-state index contributed by atoms with van der Waals surface area (Å²) >= 11 is 0. The first-order chi connectivity index (χ1) is 40.6. The van der Waals surface area contributed by atoms with Crippen LogP contribution >= 0.6 is 0 Å². The van der Waals surface area contributed by atoms with Gasteiger partial charge in [0.05, 0.1) is 45.7 Å². The minimum absolute atomic E-state index is 0.165. The van der Waals surface area contributed by atoms with Gasteiger partial charge in [0.15, 0.2) is 0 Å². The quantitative estimate of drug-likeness (QED) is 0.100. The second-order valence-electron chi connectivity index (χ2n) is 22.7. The van der Waals surface area contributed by atoms with Crippen molar-refractivity contribution in [3.63, 3.8) is 0 Å². The summed E-state index contributed by atoms with van der Waals surface area (Å²) in [4.78, 5) is 7.02. The Balaban J connectivity index is 0.947. The summed E-state index contributed by atoms with van der Waals surface area (Å²) in [6.45, 7) is 9.37. The highest BCUT2D eigenvalue weighted by Gasteiger charge is 2.46. The molecule has 0 N–H and O–H groups in total. The van der Waals surface area contributed by atoms with E-state index in [-0.39, 0.29) is 12.6 Å². The van der Waals surface area contributed by atoms with Gasteiger partial charge in [-0.05, 0) is 154 Å². The Hall–Kier alpha value is -10.9. The average Bonchev–Trinajstić information content (AvgIpc) is 1.39. The second kappa shape index (κ2) is 15.9. The van der Waals surface area contributed by atoms with E-state index in [1.807, 2.05) is 6.07 Å². The maximum absolute atomic E-state index is 12.3. The van der Waals surface area contributed by atoms with Gasteiger partial charge in [-0.3, -0.25) is 0 Å². The maximum atomic E-state index is 12.3. The van der Waals surface area contributed by atoms with Crippen molar-refractivity contribution >= 4 is 127 Å². The maximum Gasteiger partial charge on any atom is 0.250 e. The number of benzene rings is 11. The van der Waals surface area contributed by atoms with Crippen LogP contribution in [0.1, 0.15) is 17.5 Å². The van der Waals surface area contributed by atoms with E-state index in [1.165, 1.54) is 65.8 Å². The van der Waals surface area contributed by atoms with Gasteiger partial charge in [-0.25, -0.2) is 4.85 Å².